The van der Waals surface area contributed by atoms with Crippen LogP contribution in [-0.2, 0) is 17.8 Å². The van der Waals surface area contributed by atoms with E-state index in [2.05, 4.69) is 26.3 Å². The lowest BCUT2D eigenvalue weighted by molar-refractivity contribution is 0.0531. The number of hydrogen-bond donors (Lipinski definition) is 1. The Morgan fingerprint density at radius 1 is 1.37 bits per heavy atom. The van der Waals surface area contributed by atoms with E-state index in [0.717, 1.165) is 13.3 Å². The molecule has 0 atom stereocenters. The molecule has 11 heteroatoms. The normalized spacial score (nSPS) is 11.3. The van der Waals surface area contributed by atoms with Crippen LogP contribution in [-0.4, -0.2) is 32.6 Å². The smallest absolute Gasteiger partial charge is 0.407 e. The molecular formula is C16H19BrF2N4O3S. The van der Waals surface area contributed by atoms with Crippen molar-refractivity contribution in [3.63, 3.8) is 0 Å². The standard InChI is InChI=1S/C16H19BrF2N4O3S/c1-16(2,3)26-14(24)20-6-10(13(18)19)7-23-15(25)22(9-21-23)8-11-4-5-12(17)27-11/h4-5,9H,6-8H2,1-3H3,(H,20,24). The van der Waals surface area contributed by atoms with Crippen LogP contribution < -0.4 is 11.0 Å². The van der Waals surface area contributed by atoms with E-state index in [0.29, 0.717) is 6.54 Å². The summed E-state index contributed by atoms with van der Waals surface area (Å²) in [6, 6.07) is 3.72. The molecule has 0 saturated heterocycles. The number of nitrogens with one attached hydrogen (secondary N) is 1. The molecule has 0 aliphatic heterocycles. The molecular weight excluding hydrogens is 446 g/mol. The van der Waals surface area contributed by atoms with Gasteiger partial charge in [0.2, 0.25) is 0 Å². The SMILES string of the molecule is CC(C)(C)OC(=O)NCC(Cn1ncn(Cc2ccc(Br)s2)c1=O)=C(F)F. The van der Waals surface area contributed by atoms with Crippen LogP contribution in [0.1, 0.15) is 25.6 Å². The number of thiophene rings is 1. The average molecular weight is 465 g/mol. The third kappa shape index (κ3) is 6.58. The third-order valence-corrected chi connectivity index (χ3v) is 4.81. The molecule has 0 fully saturated rings. The van der Waals surface area contributed by atoms with Crippen molar-refractivity contribution in [3.8, 4) is 0 Å². The fraction of sp³-hybridized carbons (Fsp3) is 0.438. The fourth-order valence-electron chi connectivity index (χ4n) is 2.05. The Morgan fingerprint density at radius 2 is 2.07 bits per heavy atom. The number of nitrogens with zero attached hydrogens (tertiary/aromatic N) is 3. The lowest BCUT2D eigenvalue weighted by Crippen LogP contribution is -2.35. The van der Waals surface area contributed by atoms with Gasteiger partial charge in [0.15, 0.2) is 0 Å². The van der Waals surface area contributed by atoms with Gasteiger partial charge in [-0.1, -0.05) is 0 Å². The molecule has 0 aliphatic carbocycles. The second-order valence-electron chi connectivity index (χ2n) is 6.62. The molecule has 0 spiro atoms. The topological polar surface area (TPSA) is 78.2 Å². The summed E-state index contributed by atoms with van der Waals surface area (Å²) in [6.45, 7) is 4.40. The van der Waals surface area contributed by atoms with Crippen molar-refractivity contribution >= 4 is 33.4 Å². The van der Waals surface area contributed by atoms with Crippen molar-refractivity contribution in [1.29, 1.82) is 0 Å². The first-order valence-corrected chi connectivity index (χ1v) is 9.52. The van der Waals surface area contributed by atoms with E-state index in [-0.39, 0.29) is 0 Å². The largest absolute Gasteiger partial charge is 0.444 e. The summed E-state index contributed by atoms with van der Waals surface area (Å²) in [5.74, 6) is 0. The van der Waals surface area contributed by atoms with E-state index in [1.807, 2.05) is 12.1 Å². The molecule has 27 heavy (non-hydrogen) atoms. The van der Waals surface area contributed by atoms with Crippen LogP contribution in [0.2, 0.25) is 0 Å². The Hall–Kier alpha value is -2.01. The van der Waals surface area contributed by atoms with Crippen LogP contribution in [0, 0.1) is 0 Å². The monoisotopic (exact) mass is 464 g/mol. The number of ether oxygens (including phenoxy) is 1. The zero-order valence-electron chi connectivity index (χ0n) is 15.0. The number of halogens is 3. The van der Waals surface area contributed by atoms with Gasteiger partial charge >= 0.3 is 11.8 Å². The Labute approximate surface area is 166 Å². The van der Waals surface area contributed by atoms with E-state index in [1.54, 1.807) is 20.8 Å². The number of hydrogen-bond acceptors (Lipinski definition) is 5. The molecule has 7 nitrogen and oxygen atoms in total. The van der Waals surface area contributed by atoms with E-state index in [9.17, 15) is 18.4 Å². The number of aromatic nitrogens is 3. The summed E-state index contributed by atoms with van der Waals surface area (Å²) < 4.78 is 34.6. The summed E-state index contributed by atoms with van der Waals surface area (Å²) in [6.07, 6.45) is -1.50. The van der Waals surface area contributed by atoms with Crippen molar-refractivity contribution in [3.05, 3.63) is 49.3 Å². The zero-order valence-corrected chi connectivity index (χ0v) is 17.4. The second-order valence-corrected chi connectivity index (χ2v) is 9.17. The summed E-state index contributed by atoms with van der Waals surface area (Å²) >= 11 is 4.81. The van der Waals surface area contributed by atoms with Crippen LogP contribution in [0.15, 0.2) is 38.7 Å². The van der Waals surface area contributed by atoms with Gasteiger partial charge in [0.1, 0.15) is 11.9 Å². The van der Waals surface area contributed by atoms with Crippen molar-refractivity contribution in [2.45, 2.75) is 39.5 Å². The average Bonchev–Trinajstić information content (AvgIpc) is 3.09. The summed E-state index contributed by atoms with van der Waals surface area (Å²) in [5, 5.41) is 6.13. The fourth-order valence-corrected chi connectivity index (χ4v) is 3.53. The Bertz CT molecular complexity index is 894. The number of rotatable bonds is 6. The van der Waals surface area contributed by atoms with Crippen LogP contribution in [0.25, 0.3) is 0 Å². The molecule has 2 aromatic rings. The van der Waals surface area contributed by atoms with E-state index in [4.69, 9.17) is 4.74 Å². The molecule has 0 saturated carbocycles. The molecule has 148 valence electrons. The molecule has 0 aliphatic rings. The minimum absolute atomic E-state index is 0.294. The first-order valence-electron chi connectivity index (χ1n) is 7.91. The summed E-state index contributed by atoms with van der Waals surface area (Å²) in [4.78, 5) is 24.9. The van der Waals surface area contributed by atoms with Gasteiger partial charge in [0.25, 0.3) is 6.08 Å². The molecule has 2 rings (SSSR count). The van der Waals surface area contributed by atoms with Gasteiger partial charge in [-0.3, -0.25) is 4.57 Å². The summed E-state index contributed by atoms with van der Waals surface area (Å²) in [5.41, 5.74) is -1.68. The predicted molar refractivity (Wildman–Crippen MR) is 101 cm³/mol. The predicted octanol–water partition coefficient (Wildman–Crippen LogP) is 3.59. The highest BCUT2D eigenvalue weighted by Gasteiger charge is 2.18. The lowest BCUT2D eigenvalue weighted by atomic mass is 10.2. The molecule has 0 aromatic carbocycles. The van der Waals surface area contributed by atoms with Crippen LogP contribution in [0.3, 0.4) is 0 Å². The molecule has 2 heterocycles. The van der Waals surface area contributed by atoms with Crippen LogP contribution in [0.5, 0.6) is 0 Å². The van der Waals surface area contributed by atoms with E-state index < -0.39 is 42.1 Å². The lowest BCUT2D eigenvalue weighted by Gasteiger charge is -2.19. The minimum atomic E-state index is -1.98. The van der Waals surface area contributed by atoms with Gasteiger partial charge in [-0.2, -0.15) is 13.9 Å². The van der Waals surface area contributed by atoms with Gasteiger partial charge < -0.3 is 10.1 Å². The molecule has 0 unspecified atom stereocenters. The third-order valence-electron chi connectivity index (χ3n) is 3.20. The second kappa shape index (κ2) is 8.79. The maximum Gasteiger partial charge on any atom is 0.407 e. The summed E-state index contributed by atoms with van der Waals surface area (Å²) in [7, 11) is 0. The van der Waals surface area contributed by atoms with Crippen molar-refractivity contribution in [2.75, 3.05) is 6.54 Å². The van der Waals surface area contributed by atoms with Crippen molar-refractivity contribution in [2.24, 2.45) is 0 Å². The zero-order chi connectivity index (χ0) is 20.2. The van der Waals surface area contributed by atoms with Crippen LogP contribution >= 0.6 is 27.3 Å². The highest BCUT2D eigenvalue weighted by Crippen LogP contribution is 2.22. The van der Waals surface area contributed by atoms with Gasteiger partial charge in [0, 0.05) is 17.0 Å². The van der Waals surface area contributed by atoms with Crippen molar-refractivity contribution < 1.29 is 18.3 Å². The van der Waals surface area contributed by atoms with Crippen molar-refractivity contribution in [1.82, 2.24) is 19.7 Å². The maximum absolute atomic E-state index is 13.2. The van der Waals surface area contributed by atoms with Gasteiger partial charge in [-0.15, -0.1) is 11.3 Å². The number of carbonyl (C=O) groups excluding carboxylic acids is 1. The molecule has 1 amide bonds. The molecule has 0 radical (unpaired) electrons. The highest BCUT2D eigenvalue weighted by atomic mass is 79.9. The number of carbonyl (C=O) groups is 1. The van der Waals surface area contributed by atoms with E-state index in [1.165, 1.54) is 22.2 Å². The van der Waals surface area contributed by atoms with Gasteiger partial charge in [0.05, 0.1) is 16.9 Å². The molecule has 0 bridgehead atoms. The first kappa shape index (κ1) is 21.3. The van der Waals surface area contributed by atoms with Gasteiger partial charge in [-0.25, -0.2) is 14.3 Å². The maximum atomic E-state index is 13.2. The first-order chi connectivity index (χ1) is 12.5. The van der Waals surface area contributed by atoms with Crippen LogP contribution in [0.4, 0.5) is 13.6 Å². The van der Waals surface area contributed by atoms with E-state index >= 15 is 0 Å². The minimum Gasteiger partial charge on any atom is -0.444 e. The number of alkyl carbamates (subject to hydrolysis) is 1. The quantitative estimate of drug-likeness (QED) is 0.708. The Balaban J connectivity index is 2.04. The number of amides is 1. The molecule has 1 N–H and O–H groups in total. The molecule has 2 aromatic heterocycles. The highest BCUT2D eigenvalue weighted by molar-refractivity contribution is 9.11. The Kier molecular flexibility index (Phi) is 6.93. The Morgan fingerprint density at radius 3 is 2.63 bits per heavy atom. The van der Waals surface area contributed by atoms with Gasteiger partial charge in [-0.05, 0) is 48.8 Å².